The van der Waals surface area contributed by atoms with Gasteiger partial charge in [0.15, 0.2) is 5.89 Å². The Morgan fingerprint density at radius 2 is 1.23 bits per heavy atom. The molecule has 0 spiro atoms. The summed E-state index contributed by atoms with van der Waals surface area (Å²) in [5.41, 5.74) is 4.31. The fourth-order valence-corrected chi connectivity index (χ4v) is 31.0. The van der Waals surface area contributed by atoms with E-state index in [4.69, 9.17) is 40.8 Å². The molecule has 0 amide bonds. The summed E-state index contributed by atoms with van der Waals surface area (Å²) in [6.07, 6.45) is 8.74. The van der Waals surface area contributed by atoms with Gasteiger partial charge >= 0.3 is 0 Å². The zero-order valence-corrected chi connectivity index (χ0v) is 61.7. The third-order valence-corrected chi connectivity index (χ3v) is 36.1. The Morgan fingerprint density at radius 1 is 0.707 bits per heavy atom. The van der Waals surface area contributed by atoms with Crippen LogP contribution in [-0.4, -0.2) is 104 Å². The number of hydrogen-bond donors (Lipinski definition) is 1. The number of benzene rings is 4. The lowest BCUT2D eigenvalue weighted by molar-refractivity contribution is -0.144. The van der Waals surface area contributed by atoms with E-state index in [2.05, 4.69) is 200 Å². The van der Waals surface area contributed by atoms with Gasteiger partial charge in [0.05, 0.1) is 55.6 Å². The fraction of sp³-hybridized carbons (Fsp3) is 0.520. The summed E-state index contributed by atoms with van der Waals surface area (Å²) in [6, 6.07) is 41.8. The van der Waals surface area contributed by atoms with Crippen LogP contribution in [0.25, 0.3) is 12.2 Å². The van der Waals surface area contributed by atoms with Crippen LogP contribution in [0, 0.1) is 18.8 Å². The van der Waals surface area contributed by atoms with Crippen LogP contribution in [0.4, 0.5) is 0 Å². The molecule has 2 aliphatic rings. The van der Waals surface area contributed by atoms with Crippen molar-refractivity contribution >= 4 is 68.0 Å². The van der Waals surface area contributed by atoms with Gasteiger partial charge in [-0.2, -0.15) is 8.42 Å². The molecule has 2 aliphatic heterocycles. The van der Waals surface area contributed by atoms with Gasteiger partial charge in [0.2, 0.25) is 14.2 Å². The monoisotopic (exact) mass is 1330 g/mol. The van der Waals surface area contributed by atoms with E-state index in [0.717, 1.165) is 38.3 Å². The molecule has 4 heterocycles. The second-order valence-electron chi connectivity index (χ2n) is 29.2. The van der Waals surface area contributed by atoms with Crippen LogP contribution >= 0.6 is 0 Å². The molecule has 10 atom stereocenters. The summed E-state index contributed by atoms with van der Waals surface area (Å²) < 4.78 is 81.4. The van der Waals surface area contributed by atoms with E-state index in [9.17, 15) is 13.5 Å². The first-order valence-electron chi connectivity index (χ1n) is 33.4. The second-order valence-corrected chi connectivity index (χ2v) is 44.8. The standard InChI is InChI=1S/C75H106N2O11SSi3/c1-51(2)90(52(3)4,53(5)6)88-73-56(9)69(85-72(57(73)10)55(8)44-59-48-81-58(11)76-59)40-31-41-71-77-68(50-82-71)70-47-63(87-92(75(15,16)17,66-36-27-21-28-37-66)67-38-29-22-30-39-67)46-61(84-70)45-62(86-89(18,79)80)43-54(7)42-60(78)49-83-91(74(12,13)14,64-32-23-19-24-33-64)65-34-25-20-26-35-65/h19-39,41,44,48,50-53,56-57,60-63,69-70,72-73,78H,7,40,42-43,45-47,49H2,1-6,8-18H3/b41-31+,55-44+/t56-,57-,60+,61+,62-,63+,69+,70+,72-,73-/m0/s1. The Morgan fingerprint density at radius 3 is 1.71 bits per heavy atom. The lowest BCUT2D eigenvalue weighted by atomic mass is 9.79. The third-order valence-electron chi connectivity index (χ3n) is 19.3. The number of nitrogens with zero attached hydrogens (tertiary/aromatic N) is 2. The molecule has 92 heavy (non-hydrogen) atoms. The summed E-state index contributed by atoms with van der Waals surface area (Å²) in [7, 11) is -12.4. The van der Waals surface area contributed by atoms with Crippen LogP contribution in [0.2, 0.25) is 26.7 Å². The summed E-state index contributed by atoms with van der Waals surface area (Å²) in [5, 5.41) is 15.8. The van der Waals surface area contributed by atoms with Gasteiger partial charge < -0.3 is 36.7 Å². The van der Waals surface area contributed by atoms with Gasteiger partial charge in [0, 0.05) is 31.6 Å². The summed E-state index contributed by atoms with van der Waals surface area (Å²) in [6.45, 7) is 40.5. The van der Waals surface area contributed by atoms with Crippen molar-refractivity contribution in [2.24, 2.45) is 11.8 Å². The van der Waals surface area contributed by atoms with Gasteiger partial charge in [-0.1, -0.05) is 236 Å². The van der Waals surface area contributed by atoms with E-state index in [1.165, 1.54) is 0 Å². The molecule has 500 valence electrons. The quantitative estimate of drug-likeness (QED) is 0.0281. The van der Waals surface area contributed by atoms with E-state index in [1.54, 1.807) is 12.5 Å². The van der Waals surface area contributed by atoms with Gasteiger partial charge in [-0.25, -0.2) is 9.97 Å². The highest BCUT2D eigenvalue weighted by atomic mass is 32.2. The van der Waals surface area contributed by atoms with Crippen molar-refractivity contribution in [3.05, 3.63) is 181 Å². The van der Waals surface area contributed by atoms with Gasteiger partial charge in [-0.15, -0.1) is 0 Å². The summed E-state index contributed by atoms with van der Waals surface area (Å²) in [5.74, 6) is 1.18. The molecule has 0 bridgehead atoms. The highest BCUT2D eigenvalue weighted by Gasteiger charge is 2.55. The number of aryl methyl sites for hydroxylation is 1. The van der Waals surface area contributed by atoms with Gasteiger partial charge in [-0.05, 0) is 97.8 Å². The minimum atomic E-state index is -3.98. The van der Waals surface area contributed by atoms with Gasteiger partial charge in [0.25, 0.3) is 26.8 Å². The minimum absolute atomic E-state index is 0.0509. The molecule has 0 aliphatic carbocycles. The average molecular weight is 1330 g/mol. The molecule has 2 aromatic heterocycles. The van der Waals surface area contributed by atoms with Crippen molar-refractivity contribution in [1.82, 2.24) is 9.97 Å². The van der Waals surface area contributed by atoms with E-state index < -0.39 is 59.5 Å². The number of aromatic nitrogens is 2. The molecular weight excluding hydrogens is 1220 g/mol. The van der Waals surface area contributed by atoms with Gasteiger partial charge in [-0.3, -0.25) is 4.18 Å². The lowest BCUT2D eigenvalue weighted by Gasteiger charge is -2.52. The Bertz CT molecular complexity index is 3370. The number of aliphatic hydroxyl groups excluding tert-OH is 1. The summed E-state index contributed by atoms with van der Waals surface area (Å²) >= 11 is 0. The molecule has 2 fully saturated rings. The van der Waals surface area contributed by atoms with Crippen LogP contribution in [0.15, 0.2) is 166 Å². The lowest BCUT2D eigenvalue weighted by Crippen LogP contribution is -2.68. The molecule has 0 saturated carbocycles. The zero-order valence-electron chi connectivity index (χ0n) is 57.9. The van der Waals surface area contributed by atoms with Crippen molar-refractivity contribution in [3.8, 4) is 0 Å². The highest BCUT2D eigenvalue weighted by Crippen LogP contribution is 2.48. The summed E-state index contributed by atoms with van der Waals surface area (Å²) in [4.78, 5) is 9.71. The van der Waals surface area contributed by atoms with E-state index in [0.29, 0.717) is 58.9 Å². The number of rotatable bonds is 28. The first-order chi connectivity index (χ1) is 43.4. The molecule has 13 nitrogen and oxygen atoms in total. The number of hydrogen-bond acceptors (Lipinski definition) is 13. The van der Waals surface area contributed by atoms with E-state index >= 15 is 0 Å². The molecule has 0 unspecified atom stereocenters. The largest absolute Gasteiger partial charge is 0.449 e. The minimum Gasteiger partial charge on any atom is -0.449 e. The van der Waals surface area contributed by atoms with E-state index in [1.807, 2.05) is 61.5 Å². The molecule has 8 rings (SSSR count). The Balaban J connectivity index is 1.07. The number of aliphatic hydroxyl groups is 1. The molecule has 1 N–H and O–H groups in total. The fourth-order valence-electron chi connectivity index (χ4n) is 15.4. The molecule has 6 aromatic rings. The van der Waals surface area contributed by atoms with Crippen LogP contribution in [-0.2, 0) is 37.1 Å². The maximum Gasteiger partial charge on any atom is 0.264 e. The predicted octanol–water partition coefficient (Wildman–Crippen LogP) is 15.3. The predicted molar refractivity (Wildman–Crippen MR) is 380 cm³/mol. The number of oxazole rings is 2. The third kappa shape index (κ3) is 16.9. The van der Waals surface area contributed by atoms with Crippen molar-refractivity contribution < 1.29 is 49.3 Å². The Labute approximate surface area is 554 Å². The SMILES string of the molecule is C=C(C[C@@H](O)CO[Si](c1ccccc1)(c1ccccc1)C(C)(C)C)C[C@@H](C[C@@H]1C[C@@H](O[Si](c2ccccc2)(c2ccccc2)C(C)(C)C)C[C@H](c2coc(/C=C/C[C@H]3O[C@@H](/C(C)=C/c4coc(C)n4)[C@H](C)[C@@H](O[Si](C(C)C)(C(C)C)C(C)C)[C@H]3C)n2)O1)OS(C)(=O)=O. The molecule has 4 aromatic carbocycles. The highest BCUT2D eigenvalue weighted by molar-refractivity contribution is 7.86. The topological polar surface area (TPSA) is 162 Å². The first-order valence-corrected chi connectivity index (χ1v) is 41.1. The molecule has 2 saturated heterocycles. The van der Waals surface area contributed by atoms with Crippen LogP contribution < -0.4 is 20.7 Å². The maximum atomic E-state index is 13.3. The van der Waals surface area contributed by atoms with Crippen molar-refractivity contribution in [3.63, 3.8) is 0 Å². The molecule has 17 heteroatoms. The van der Waals surface area contributed by atoms with Crippen molar-refractivity contribution in [2.45, 2.75) is 225 Å². The van der Waals surface area contributed by atoms with Crippen LogP contribution in [0.3, 0.4) is 0 Å². The zero-order chi connectivity index (χ0) is 67.0. The normalized spacial score (nSPS) is 22.4. The second kappa shape index (κ2) is 30.7. The van der Waals surface area contributed by atoms with Crippen LogP contribution in [0.1, 0.15) is 172 Å². The van der Waals surface area contributed by atoms with E-state index in [-0.39, 0.29) is 72.2 Å². The number of ether oxygens (including phenoxy) is 2. The van der Waals surface area contributed by atoms with Crippen molar-refractivity contribution in [1.29, 1.82) is 0 Å². The van der Waals surface area contributed by atoms with Crippen LogP contribution in [0.5, 0.6) is 0 Å². The molecular formula is C75H106N2O11SSi3. The average Bonchev–Trinajstić information content (AvgIpc) is 0.830. The Hall–Kier alpha value is -5.16. The van der Waals surface area contributed by atoms with Gasteiger partial charge in [0.1, 0.15) is 30.0 Å². The first kappa shape index (κ1) is 72.7. The molecule has 0 radical (unpaired) electrons. The maximum absolute atomic E-state index is 13.3. The Kier molecular flexibility index (Phi) is 24.3. The smallest absolute Gasteiger partial charge is 0.264 e. The van der Waals surface area contributed by atoms with Crippen molar-refractivity contribution in [2.75, 3.05) is 12.9 Å².